The minimum atomic E-state index is 0.228. The number of rotatable bonds is 4. The monoisotopic (exact) mass is 305 g/mol. The lowest BCUT2D eigenvalue weighted by Crippen LogP contribution is -2.39. The molecule has 0 saturated carbocycles. The van der Waals surface area contributed by atoms with E-state index >= 15 is 0 Å². The Morgan fingerprint density at radius 3 is 2.90 bits per heavy atom. The lowest BCUT2D eigenvalue weighted by molar-refractivity contribution is 0.0325. The molecule has 2 aromatic heterocycles. The summed E-state index contributed by atoms with van der Waals surface area (Å²) in [4.78, 5) is 6.76. The summed E-state index contributed by atoms with van der Waals surface area (Å²) in [6.45, 7) is 6.63. The Morgan fingerprint density at radius 1 is 1.38 bits per heavy atom. The first-order valence-electron chi connectivity index (χ1n) is 7.14. The van der Waals surface area contributed by atoms with E-state index in [1.165, 1.54) is 0 Å². The SMILES string of the molecule is CC(CN1CCOCC1)n1c(-c2ccccn2)n[nH]c1=S. The van der Waals surface area contributed by atoms with Crippen LogP contribution in [0.4, 0.5) is 0 Å². The summed E-state index contributed by atoms with van der Waals surface area (Å²) in [5, 5.41) is 7.23. The lowest BCUT2D eigenvalue weighted by Gasteiger charge is -2.29. The summed E-state index contributed by atoms with van der Waals surface area (Å²) in [5.41, 5.74) is 0.832. The molecular weight excluding hydrogens is 286 g/mol. The molecule has 1 unspecified atom stereocenters. The molecule has 1 fully saturated rings. The van der Waals surface area contributed by atoms with Gasteiger partial charge in [0.15, 0.2) is 10.6 Å². The minimum absolute atomic E-state index is 0.228. The van der Waals surface area contributed by atoms with Crippen LogP contribution in [0.5, 0.6) is 0 Å². The van der Waals surface area contributed by atoms with E-state index in [2.05, 4.69) is 27.0 Å². The van der Waals surface area contributed by atoms with Crippen molar-refractivity contribution in [3.8, 4) is 11.5 Å². The van der Waals surface area contributed by atoms with Crippen LogP contribution in [0, 0.1) is 4.77 Å². The topological polar surface area (TPSA) is 59.0 Å². The first kappa shape index (κ1) is 14.4. The van der Waals surface area contributed by atoms with E-state index in [0.717, 1.165) is 44.4 Å². The Hall–Kier alpha value is -1.57. The largest absolute Gasteiger partial charge is 0.379 e. The molecule has 1 aliphatic rings. The number of aromatic nitrogens is 4. The number of morpholine rings is 1. The summed E-state index contributed by atoms with van der Waals surface area (Å²) in [5.74, 6) is 0.793. The highest BCUT2D eigenvalue weighted by atomic mass is 32.1. The average molecular weight is 305 g/mol. The predicted octanol–water partition coefficient (Wildman–Crippen LogP) is 1.90. The highest BCUT2D eigenvalue weighted by molar-refractivity contribution is 7.71. The Kier molecular flexibility index (Phi) is 4.42. The molecule has 1 N–H and O–H groups in total. The maximum atomic E-state index is 5.39. The van der Waals surface area contributed by atoms with E-state index in [1.54, 1.807) is 6.20 Å². The molecule has 112 valence electrons. The molecular formula is C14H19N5OS. The zero-order valence-corrected chi connectivity index (χ0v) is 12.8. The Balaban J connectivity index is 1.84. The molecule has 0 bridgehead atoms. The van der Waals surface area contributed by atoms with Crippen LogP contribution in [0.15, 0.2) is 24.4 Å². The smallest absolute Gasteiger partial charge is 0.195 e. The van der Waals surface area contributed by atoms with Crippen LogP contribution in [0.2, 0.25) is 0 Å². The Labute approximate surface area is 128 Å². The summed E-state index contributed by atoms with van der Waals surface area (Å²) in [6.07, 6.45) is 1.77. The number of hydrogen-bond acceptors (Lipinski definition) is 5. The molecule has 0 radical (unpaired) electrons. The van der Waals surface area contributed by atoms with Gasteiger partial charge >= 0.3 is 0 Å². The molecule has 1 saturated heterocycles. The third-order valence-corrected chi connectivity index (χ3v) is 3.95. The second-order valence-corrected chi connectivity index (χ2v) is 5.59. The number of aromatic amines is 1. The number of nitrogens with zero attached hydrogens (tertiary/aromatic N) is 4. The number of H-pyrrole nitrogens is 1. The molecule has 1 aliphatic heterocycles. The Morgan fingerprint density at radius 2 is 2.19 bits per heavy atom. The fourth-order valence-corrected chi connectivity index (χ4v) is 2.94. The zero-order chi connectivity index (χ0) is 14.7. The van der Waals surface area contributed by atoms with Gasteiger partial charge in [0.2, 0.25) is 0 Å². The van der Waals surface area contributed by atoms with Crippen LogP contribution in [0.25, 0.3) is 11.5 Å². The third-order valence-electron chi connectivity index (χ3n) is 3.67. The highest BCUT2D eigenvalue weighted by Gasteiger charge is 2.19. The molecule has 0 aromatic carbocycles. The molecule has 3 heterocycles. The van der Waals surface area contributed by atoms with Crippen molar-refractivity contribution in [2.45, 2.75) is 13.0 Å². The maximum Gasteiger partial charge on any atom is 0.195 e. The van der Waals surface area contributed by atoms with Gasteiger partial charge < -0.3 is 4.74 Å². The molecule has 0 spiro atoms. The van der Waals surface area contributed by atoms with E-state index in [4.69, 9.17) is 17.0 Å². The van der Waals surface area contributed by atoms with E-state index in [-0.39, 0.29) is 6.04 Å². The fourth-order valence-electron chi connectivity index (χ4n) is 2.63. The van der Waals surface area contributed by atoms with E-state index in [0.29, 0.717) is 4.77 Å². The minimum Gasteiger partial charge on any atom is -0.379 e. The first-order chi connectivity index (χ1) is 10.3. The number of ether oxygens (including phenoxy) is 1. The van der Waals surface area contributed by atoms with Gasteiger partial charge in [-0.05, 0) is 31.3 Å². The van der Waals surface area contributed by atoms with Gasteiger partial charge in [0.05, 0.1) is 13.2 Å². The van der Waals surface area contributed by atoms with Crippen LogP contribution in [0.1, 0.15) is 13.0 Å². The van der Waals surface area contributed by atoms with Crippen molar-refractivity contribution in [1.82, 2.24) is 24.6 Å². The normalized spacial score (nSPS) is 17.8. The van der Waals surface area contributed by atoms with Crippen LogP contribution < -0.4 is 0 Å². The van der Waals surface area contributed by atoms with Gasteiger partial charge in [0.1, 0.15) is 5.69 Å². The van der Waals surface area contributed by atoms with Gasteiger partial charge in [-0.25, -0.2) is 0 Å². The van der Waals surface area contributed by atoms with E-state index in [9.17, 15) is 0 Å². The van der Waals surface area contributed by atoms with Crippen LogP contribution in [-0.2, 0) is 4.74 Å². The van der Waals surface area contributed by atoms with Crippen molar-refractivity contribution in [2.24, 2.45) is 0 Å². The van der Waals surface area contributed by atoms with E-state index < -0.39 is 0 Å². The summed E-state index contributed by atoms with van der Waals surface area (Å²) < 4.78 is 8.08. The summed E-state index contributed by atoms with van der Waals surface area (Å²) >= 11 is 5.39. The molecule has 0 amide bonds. The van der Waals surface area contributed by atoms with Crippen molar-refractivity contribution < 1.29 is 4.74 Å². The molecule has 3 rings (SSSR count). The summed E-state index contributed by atoms with van der Waals surface area (Å²) in [6, 6.07) is 6.03. The Bertz CT molecular complexity index is 632. The number of nitrogens with one attached hydrogen (secondary N) is 1. The van der Waals surface area contributed by atoms with Crippen molar-refractivity contribution in [1.29, 1.82) is 0 Å². The fraction of sp³-hybridized carbons (Fsp3) is 0.500. The summed E-state index contributed by atoms with van der Waals surface area (Å²) in [7, 11) is 0. The van der Waals surface area contributed by atoms with Crippen molar-refractivity contribution in [3.63, 3.8) is 0 Å². The van der Waals surface area contributed by atoms with Gasteiger partial charge in [-0.15, -0.1) is 0 Å². The van der Waals surface area contributed by atoms with Crippen molar-refractivity contribution >= 4 is 12.2 Å². The average Bonchev–Trinajstić information content (AvgIpc) is 2.91. The van der Waals surface area contributed by atoms with Crippen LogP contribution in [0.3, 0.4) is 0 Å². The molecule has 7 heteroatoms. The van der Waals surface area contributed by atoms with Gasteiger partial charge in [-0.2, -0.15) is 5.10 Å². The maximum absolute atomic E-state index is 5.39. The zero-order valence-electron chi connectivity index (χ0n) is 12.0. The third kappa shape index (κ3) is 3.20. The number of pyridine rings is 1. The standard InChI is InChI=1S/C14H19N5OS/c1-11(10-18-6-8-20-9-7-18)19-13(16-17-14(19)21)12-4-2-3-5-15-12/h2-5,11H,6-10H2,1H3,(H,17,21). The van der Waals surface area contributed by atoms with E-state index in [1.807, 2.05) is 22.8 Å². The quantitative estimate of drug-likeness (QED) is 0.874. The molecule has 6 nitrogen and oxygen atoms in total. The molecule has 2 aromatic rings. The first-order valence-corrected chi connectivity index (χ1v) is 7.55. The number of hydrogen-bond donors (Lipinski definition) is 1. The van der Waals surface area contributed by atoms with Crippen molar-refractivity contribution in [3.05, 3.63) is 29.2 Å². The van der Waals surface area contributed by atoms with Gasteiger partial charge in [0, 0.05) is 31.9 Å². The van der Waals surface area contributed by atoms with Crippen LogP contribution >= 0.6 is 12.2 Å². The second kappa shape index (κ2) is 6.46. The molecule has 0 aliphatic carbocycles. The lowest BCUT2D eigenvalue weighted by atomic mass is 10.2. The van der Waals surface area contributed by atoms with Gasteiger partial charge in [-0.1, -0.05) is 6.07 Å². The van der Waals surface area contributed by atoms with Crippen molar-refractivity contribution in [2.75, 3.05) is 32.8 Å². The highest BCUT2D eigenvalue weighted by Crippen LogP contribution is 2.20. The van der Waals surface area contributed by atoms with Gasteiger partial charge in [-0.3, -0.25) is 19.5 Å². The predicted molar refractivity (Wildman–Crippen MR) is 82.6 cm³/mol. The second-order valence-electron chi connectivity index (χ2n) is 5.20. The molecule has 1 atom stereocenters. The van der Waals surface area contributed by atoms with Crippen LogP contribution in [-0.4, -0.2) is 57.5 Å². The van der Waals surface area contributed by atoms with Gasteiger partial charge in [0.25, 0.3) is 0 Å². The molecule has 21 heavy (non-hydrogen) atoms.